The van der Waals surface area contributed by atoms with Gasteiger partial charge in [0.2, 0.25) is 5.88 Å². The summed E-state index contributed by atoms with van der Waals surface area (Å²) in [4.78, 5) is 14.0. The first-order valence-electron chi connectivity index (χ1n) is 7.32. The Morgan fingerprint density at radius 3 is 2.55 bits per heavy atom. The number of rotatable bonds is 6. The molecule has 1 atom stereocenters. The third kappa shape index (κ3) is 3.68. The van der Waals surface area contributed by atoms with Crippen molar-refractivity contribution in [3.05, 3.63) is 41.0 Å². The van der Waals surface area contributed by atoms with E-state index in [4.69, 9.17) is 4.74 Å². The summed E-state index contributed by atoms with van der Waals surface area (Å²) in [6.45, 7) is 6.99. The second-order valence-corrected chi connectivity index (χ2v) is 5.69. The molecular formula is C16H20BrN3O2. The van der Waals surface area contributed by atoms with Gasteiger partial charge in [-0.1, -0.05) is 18.2 Å². The fourth-order valence-electron chi connectivity index (χ4n) is 2.14. The summed E-state index contributed by atoms with van der Waals surface area (Å²) in [5.41, 5.74) is 0.931. The Kier molecular flexibility index (Phi) is 5.60. The van der Waals surface area contributed by atoms with Crippen LogP contribution in [0.4, 0.5) is 0 Å². The minimum atomic E-state index is -0.574. The van der Waals surface area contributed by atoms with Gasteiger partial charge in [-0.15, -0.1) is 5.10 Å². The molecule has 0 spiro atoms. The fraction of sp³-hybridized carbons (Fsp3) is 0.375. The maximum atomic E-state index is 12.2. The Labute approximate surface area is 139 Å². The van der Waals surface area contributed by atoms with E-state index in [1.54, 1.807) is 16.5 Å². The highest BCUT2D eigenvalue weighted by atomic mass is 79.9. The predicted octanol–water partition coefficient (Wildman–Crippen LogP) is 3.27. The van der Waals surface area contributed by atoms with Gasteiger partial charge in [0.05, 0.1) is 10.2 Å². The number of nitrogens with zero attached hydrogens (tertiary/aromatic N) is 3. The number of benzene rings is 1. The maximum absolute atomic E-state index is 12.2. The highest BCUT2D eigenvalue weighted by molar-refractivity contribution is 9.10. The molecule has 0 N–H and O–H groups in total. The third-order valence-electron chi connectivity index (χ3n) is 3.37. The Morgan fingerprint density at radius 2 is 1.95 bits per heavy atom. The fourth-order valence-corrected chi connectivity index (χ4v) is 2.51. The van der Waals surface area contributed by atoms with E-state index < -0.39 is 6.10 Å². The zero-order chi connectivity index (χ0) is 16.1. The van der Waals surface area contributed by atoms with Gasteiger partial charge in [-0.2, -0.15) is 0 Å². The van der Waals surface area contributed by atoms with Crippen LogP contribution in [0.3, 0.4) is 0 Å². The van der Waals surface area contributed by atoms with Crippen molar-refractivity contribution in [1.82, 2.24) is 14.7 Å². The van der Waals surface area contributed by atoms with Crippen LogP contribution in [-0.4, -0.2) is 39.8 Å². The van der Waals surface area contributed by atoms with Crippen LogP contribution in [0.15, 0.2) is 41.0 Å². The molecule has 2 rings (SSSR count). The van der Waals surface area contributed by atoms with Gasteiger partial charge < -0.3 is 9.64 Å². The average molecular weight is 366 g/mol. The van der Waals surface area contributed by atoms with E-state index in [0.29, 0.717) is 19.0 Å². The van der Waals surface area contributed by atoms with E-state index in [-0.39, 0.29) is 5.91 Å². The molecule has 0 aliphatic heterocycles. The number of hydrogen-bond acceptors (Lipinski definition) is 3. The molecule has 0 aliphatic carbocycles. The number of aromatic nitrogens is 2. The molecule has 118 valence electrons. The second-order valence-electron chi connectivity index (χ2n) is 4.83. The standard InChI is InChI=1S/C16H20BrN3O2/c1-4-19(5-2)16(21)12(3)22-15-14(17)11-20(18-15)13-9-7-6-8-10-13/h6-12H,4-5H2,1-3H3. The first-order valence-corrected chi connectivity index (χ1v) is 8.12. The normalized spacial score (nSPS) is 12.0. The smallest absolute Gasteiger partial charge is 0.263 e. The van der Waals surface area contributed by atoms with Crippen LogP contribution >= 0.6 is 15.9 Å². The molecule has 0 radical (unpaired) electrons. The highest BCUT2D eigenvalue weighted by Gasteiger charge is 2.22. The molecule has 0 saturated carbocycles. The molecule has 0 fully saturated rings. The topological polar surface area (TPSA) is 47.4 Å². The summed E-state index contributed by atoms with van der Waals surface area (Å²) >= 11 is 3.43. The van der Waals surface area contributed by atoms with Gasteiger partial charge in [0.25, 0.3) is 5.91 Å². The van der Waals surface area contributed by atoms with E-state index in [2.05, 4.69) is 21.0 Å². The zero-order valence-corrected chi connectivity index (χ0v) is 14.6. The number of halogens is 1. The zero-order valence-electron chi connectivity index (χ0n) is 13.0. The quantitative estimate of drug-likeness (QED) is 0.789. The van der Waals surface area contributed by atoms with Crippen molar-refractivity contribution < 1.29 is 9.53 Å². The van der Waals surface area contributed by atoms with Gasteiger partial charge >= 0.3 is 0 Å². The molecule has 2 aromatic rings. The molecule has 0 saturated heterocycles. The molecule has 5 nitrogen and oxygen atoms in total. The molecular weight excluding hydrogens is 346 g/mol. The summed E-state index contributed by atoms with van der Waals surface area (Å²) in [6.07, 6.45) is 1.24. The Hall–Kier alpha value is -1.82. The van der Waals surface area contributed by atoms with Crippen molar-refractivity contribution in [3.8, 4) is 11.6 Å². The Morgan fingerprint density at radius 1 is 1.32 bits per heavy atom. The first kappa shape index (κ1) is 16.5. The highest BCUT2D eigenvalue weighted by Crippen LogP contribution is 2.25. The molecule has 1 aromatic heterocycles. The summed E-state index contributed by atoms with van der Waals surface area (Å²) in [6, 6.07) is 9.74. The van der Waals surface area contributed by atoms with Gasteiger partial charge in [0, 0.05) is 19.3 Å². The second kappa shape index (κ2) is 7.45. The van der Waals surface area contributed by atoms with Crippen LogP contribution in [0, 0.1) is 0 Å². The van der Waals surface area contributed by atoms with Crippen molar-refractivity contribution in [1.29, 1.82) is 0 Å². The van der Waals surface area contributed by atoms with E-state index in [1.165, 1.54) is 0 Å². The first-order chi connectivity index (χ1) is 10.6. The van der Waals surface area contributed by atoms with Crippen LogP contribution < -0.4 is 4.74 Å². The van der Waals surface area contributed by atoms with Crippen LogP contribution in [-0.2, 0) is 4.79 Å². The lowest BCUT2D eigenvalue weighted by Gasteiger charge is -2.22. The van der Waals surface area contributed by atoms with Crippen LogP contribution in [0.5, 0.6) is 5.88 Å². The van der Waals surface area contributed by atoms with Crippen molar-refractivity contribution >= 4 is 21.8 Å². The van der Waals surface area contributed by atoms with Gasteiger partial charge in [-0.25, -0.2) is 4.68 Å². The van der Waals surface area contributed by atoms with Crippen molar-refractivity contribution in [3.63, 3.8) is 0 Å². The van der Waals surface area contributed by atoms with E-state index >= 15 is 0 Å². The number of likely N-dealkylation sites (N-methyl/N-ethyl adjacent to an activating group) is 1. The molecule has 1 heterocycles. The van der Waals surface area contributed by atoms with Crippen molar-refractivity contribution in [2.75, 3.05) is 13.1 Å². The molecule has 0 bridgehead atoms. The lowest BCUT2D eigenvalue weighted by atomic mass is 10.3. The molecule has 1 aromatic carbocycles. The minimum absolute atomic E-state index is 0.0360. The molecule has 1 amide bonds. The van der Waals surface area contributed by atoms with Gasteiger partial charge in [0.15, 0.2) is 6.10 Å². The number of para-hydroxylation sites is 1. The average Bonchev–Trinajstić information content (AvgIpc) is 2.90. The van der Waals surface area contributed by atoms with E-state index in [0.717, 1.165) is 10.2 Å². The summed E-state index contributed by atoms with van der Waals surface area (Å²) < 4.78 is 8.16. The number of amides is 1. The lowest BCUT2D eigenvalue weighted by molar-refractivity contribution is -0.137. The predicted molar refractivity (Wildman–Crippen MR) is 89.3 cm³/mol. The molecule has 6 heteroatoms. The van der Waals surface area contributed by atoms with Gasteiger partial charge in [-0.3, -0.25) is 4.79 Å². The number of hydrogen-bond donors (Lipinski definition) is 0. The minimum Gasteiger partial charge on any atom is -0.463 e. The Balaban J connectivity index is 2.14. The molecule has 1 unspecified atom stereocenters. The third-order valence-corrected chi connectivity index (χ3v) is 3.91. The SMILES string of the molecule is CCN(CC)C(=O)C(C)Oc1nn(-c2ccccc2)cc1Br. The van der Waals surface area contributed by atoms with Gasteiger partial charge in [-0.05, 0) is 48.8 Å². The monoisotopic (exact) mass is 365 g/mol. The number of carbonyl (C=O) groups is 1. The largest absolute Gasteiger partial charge is 0.463 e. The molecule has 0 aliphatic rings. The summed E-state index contributed by atoms with van der Waals surface area (Å²) in [5.74, 6) is 0.378. The Bertz CT molecular complexity index is 624. The van der Waals surface area contributed by atoms with E-state index in [9.17, 15) is 4.79 Å². The summed E-state index contributed by atoms with van der Waals surface area (Å²) in [7, 11) is 0. The van der Waals surface area contributed by atoms with Crippen LogP contribution in [0.1, 0.15) is 20.8 Å². The van der Waals surface area contributed by atoms with E-state index in [1.807, 2.05) is 50.4 Å². The molecule has 22 heavy (non-hydrogen) atoms. The van der Waals surface area contributed by atoms with Crippen LogP contribution in [0.2, 0.25) is 0 Å². The summed E-state index contributed by atoms with van der Waals surface area (Å²) in [5, 5.41) is 4.39. The number of ether oxygens (including phenoxy) is 1. The lowest BCUT2D eigenvalue weighted by Crippen LogP contribution is -2.40. The van der Waals surface area contributed by atoms with Crippen molar-refractivity contribution in [2.24, 2.45) is 0 Å². The maximum Gasteiger partial charge on any atom is 0.263 e. The van der Waals surface area contributed by atoms with Crippen molar-refractivity contribution in [2.45, 2.75) is 26.9 Å². The number of carbonyl (C=O) groups excluding carboxylic acids is 1. The van der Waals surface area contributed by atoms with Crippen LogP contribution in [0.25, 0.3) is 5.69 Å². The van der Waals surface area contributed by atoms with Gasteiger partial charge in [0.1, 0.15) is 0 Å².